The number of nitrogens with two attached hydrogens (primary N) is 1. The van der Waals surface area contributed by atoms with Gasteiger partial charge in [0.25, 0.3) is 0 Å². The van der Waals surface area contributed by atoms with Gasteiger partial charge in [-0.15, -0.1) is 11.8 Å². The Bertz CT molecular complexity index is 550. The van der Waals surface area contributed by atoms with Gasteiger partial charge in [-0.05, 0) is 38.2 Å². The number of thioether (sulfide) groups is 1. The van der Waals surface area contributed by atoms with Crippen molar-refractivity contribution in [2.45, 2.75) is 49.0 Å². The molecule has 8 heteroatoms. The van der Waals surface area contributed by atoms with Crippen molar-refractivity contribution in [3.63, 3.8) is 0 Å². The molecule has 4 N–H and O–H groups in total. The molecular formula is C15H21F3N2O2S. The molecule has 130 valence electrons. The fraction of sp³-hybridized carbons (Fsp3) is 0.533. The maximum Gasteiger partial charge on any atom is 0.418 e. The number of alkyl halides is 3. The summed E-state index contributed by atoms with van der Waals surface area (Å²) >= 11 is 1.54. The average Bonchev–Trinajstić information content (AvgIpc) is 2.45. The lowest BCUT2D eigenvalue weighted by Gasteiger charge is -2.31. The highest BCUT2D eigenvalue weighted by atomic mass is 32.2. The smallest absolute Gasteiger partial charge is 0.379 e. The van der Waals surface area contributed by atoms with Gasteiger partial charge in [0.1, 0.15) is 6.04 Å². The summed E-state index contributed by atoms with van der Waals surface area (Å²) in [5.41, 5.74) is 2.98. The van der Waals surface area contributed by atoms with Crippen LogP contribution in [0.1, 0.15) is 19.4 Å². The third-order valence-electron chi connectivity index (χ3n) is 3.57. The molecule has 0 bridgehead atoms. The Balaban J connectivity index is 2.74. The van der Waals surface area contributed by atoms with Crippen LogP contribution in [0.4, 0.5) is 13.2 Å². The molecule has 0 aliphatic carbocycles. The quantitative estimate of drug-likeness (QED) is 0.687. The number of hydrogen-bond acceptors (Lipinski definition) is 4. The fourth-order valence-electron chi connectivity index (χ4n) is 2.02. The molecule has 0 saturated heterocycles. The van der Waals surface area contributed by atoms with Crippen LogP contribution in [0.3, 0.4) is 0 Å². The van der Waals surface area contributed by atoms with E-state index in [1.165, 1.54) is 0 Å². The molecule has 0 fully saturated rings. The van der Waals surface area contributed by atoms with Crippen LogP contribution in [-0.4, -0.2) is 41.1 Å². The van der Waals surface area contributed by atoms with Gasteiger partial charge in [0, 0.05) is 10.9 Å². The maximum absolute atomic E-state index is 12.7. The van der Waals surface area contributed by atoms with Crippen LogP contribution in [0.25, 0.3) is 0 Å². The molecule has 0 saturated carbocycles. The summed E-state index contributed by atoms with van der Waals surface area (Å²) in [5, 5.41) is 11.9. The summed E-state index contributed by atoms with van der Waals surface area (Å²) in [4.78, 5) is 12.9. The van der Waals surface area contributed by atoms with Crippen molar-refractivity contribution < 1.29 is 23.1 Å². The molecule has 0 heterocycles. The predicted molar refractivity (Wildman–Crippen MR) is 84.2 cm³/mol. The number of nitrogens with one attached hydrogen (secondary N) is 1. The number of halogens is 3. The highest BCUT2D eigenvalue weighted by molar-refractivity contribution is 7.98. The summed E-state index contributed by atoms with van der Waals surface area (Å²) in [6.07, 6.45) is -2.62. The van der Waals surface area contributed by atoms with E-state index >= 15 is 0 Å². The third kappa shape index (κ3) is 4.86. The highest BCUT2D eigenvalue weighted by Crippen LogP contribution is 2.32. The first-order chi connectivity index (χ1) is 10.5. The lowest BCUT2D eigenvalue weighted by atomic mass is 9.95. The van der Waals surface area contributed by atoms with Crippen molar-refractivity contribution in [1.82, 2.24) is 5.32 Å². The lowest BCUT2D eigenvalue weighted by Crippen LogP contribution is -2.62. The Morgan fingerprint density at radius 3 is 2.48 bits per heavy atom. The highest BCUT2D eigenvalue weighted by Gasteiger charge is 2.56. The summed E-state index contributed by atoms with van der Waals surface area (Å²) in [5.74, 6) is -1.04. The van der Waals surface area contributed by atoms with Crippen molar-refractivity contribution in [1.29, 1.82) is 0 Å². The standard InChI is InChI=1S/C15H21F3N2O2S/c1-9(8-10-6-4-5-7-11(10)23-3)20-13(21)12(19)14(2,22)15(16,17)18/h4-7,9,12,22H,8,19H2,1-3H3,(H,20,21). The van der Waals surface area contributed by atoms with E-state index in [1.807, 2.05) is 30.5 Å². The van der Waals surface area contributed by atoms with Gasteiger partial charge in [-0.3, -0.25) is 4.79 Å². The summed E-state index contributed by atoms with van der Waals surface area (Å²) in [6.45, 7) is 2.16. The van der Waals surface area contributed by atoms with E-state index in [9.17, 15) is 23.1 Å². The second-order valence-corrected chi connectivity index (χ2v) is 6.40. The second kappa shape index (κ2) is 7.55. The van der Waals surface area contributed by atoms with E-state index in [2.05, 4.69) is 5.32 Å². The van der Waals surface area contributed by atoms with Gasteiger partial charge in [-0.1, -0.05) is 18.2 Å². The first kappa shape index (κ1) is 19.8. The van der Waals surface area contributed by atoms with Gasteiger partial charge >= 0.3 is 6.18 Å². The Labute approximate surface area is 137 Å². The summed E-state index contributed by atoms with van der Waals surface area (Å²) in [6, 6.07) is 5.03. The average molecular weight is 350 g/mol. The molecule has 0 aromatic heterocycles. The summed E-state index contributed by atoms with van der Waals surface area (Å²) in [7, 11) is 0. The zero-order valence-corrected chi connectivity index (χ0v) is 14.0. The Kier molecular flexibility index (Phi) is 6.49. The minimum absolute atomic E-state index is 0.425. The molecule has 0 spiro atoms. The molecule has 23 heavy (non-hydrogen) atoms. The van der Waals surface area contributed by atoms with Crippen molar-refractivity contribution in [2.75, 3.05) is 6.26 Å². The van der Waals surface area contributed by atoms with Crippen molar-refractivity contribution in [2.24, 2.45) is 5.73 Å². The van der Waals surface area contributed by atoms with Gasteiger partial charge in [-0.2, -0.15) is 13.2 Å². The molecule has 4 nitrogen and oxygen atoms in total. The van der Waals surface area contributed by atoms with E-state index in [0.717, 1.165) is 10.5 Å². The topological polar surface area (TPSA) is 75.4 Å². The first-order valence-electron chi connectivity index (χ1n) is 6.97. The molecule has 0 aliphatic rings. The first-order valence-corrected chi connectivity index (χ1v) is 8.20. The van der Waals surface area contributed by atoms with E-state index in [4.69, 9.17) is 5.73 Å². The van der Waals surface area contributed by atoms with Crippen LogP contribution >= 0.6 is 11.8 Å². The number of hydrogen-bond donors (Lipinski definition) is 3. The van der Waals surface area contributed by atoms with Crippen LogP contribution < -0.4 is 11.1 Å². The van der Waals surface area contributed by atoms with Crippen LogP contribution in [0.2, 0.25) is 0 Å². The Morgan fingerprint density at radius 2 is 1.96 bits per heavy atom. The molecule has 3 unspecified atom stereocenters. The van der Waals surface area contributed by atoms with Gasteiger partial charge < -0.3 is 16.2 Å². The zero-order valence-electron chi connectivity index (χ0n) is 13.1. The van der Waals surface area contributed by atoms with Crippen LogP contribution in [0.5, 0.6) is 0 Å². The normalized spacial score (nSPS) is 17.2. The van der Waals surface area contributed by atoms with E-state index in [1.54, 1.807) is 18.7 Å². The molecular weight excluding hydrogens is 329 g/mol. The number of amides is 1. The Morgan fingerprint density at radius 1 is 1.39 bits per heavy atom. The van der Waals surface area contributed by atoms with E-state index in [0.29, 0.717) is 13.3 Å². The fourth-order valence-corrected chi connectivity index (χ4v) is 2.64. The molecule has 3 atom stereocenters. The van der Waals surface area contributed by atoms with Crippen LogP contribution in [-0.2, 0) is 11.2 Å². The third-order valence-corrected chi connectivity index (χ3v) is 4.41. The minimum atomic E-state index is -4.99. The molecule has 1 amide bonds. The number of carbonyl (C=O) groups is 1. The lowest BCUT2D eigenvalue weighted by molar-refractivity contribution is -0.258. The Hall–Kier alpha value is -1.25. The van der Waals surface area contributed by atoms with Crippen molar-refractivity contribution >= 4 is 17.7 Å². The number of benzene rings is 1. The molecule has 1 aromatic carbocycles. The van der Waals surface area contributed by atoms with E-state index < -0.39 is 29.8 Å². The molecule has 1 rings (SSSR count). The number of rotatable bonds is 6. The molecule has 0 radical (unpaired) electrons. The molecule has 0 aliphatic heterocycles. The summed E-state index contributed by atoms with van der Waals surface area (Å²) < 4.78 is 38.1. The van der Waals surface area contributed by atoms with Crippen molar-refractivity contribution in [3.05, 3.63) is 29.8 Å². The minimum Gasteiger partial charge on any atom is -0.379 e. The van der Waals surface area contributed by atoms with Gasteiger partial charge in [-0.25, -0.2) is 0 Å². The predicted octanol–water partition coefficient (Wildman–Crippen LogP) is 2.10. The second-order valence-electron chi connectivity index (χ2n) is 5.55. The monoisotopic (exact) mass is 350 g/mol. The maximum atomic E-state index is 12.7. The number of aliphatic hydroxyl groups is 1. The van der Waals surface area contributed by atoms with Gasteiger partial charge in [0.05, 0.1) is 0 Å². The number of carbonyl (C=O) groups excluding carboxylic acids is 1. The SMILES string of the molecule is CSc1ccccc1CC(C)NC(=O)C(N)C(C)(O)C(F)(F)F. The van der Waals surface area contributed by atoms with Crippen molar-refractivity contribution in [3.8, 4) is 0 Å². The zero-order chi connectivity index (χ0) is 17.8. The van der Waals surface area contributed by atoms with Crippen LogP contribution in [0, 0.1) is 0 Å². The van der Waals surface area contributed by atoms with Crippen LogP contribution in [0.15, 0.2) is 29.2 Å². The molecule has 1 aromatic rings. The van der Waals surface area contributed by atoms with E-state index in [-0.39, 0.29) is 0 Å². The van der Waals surface area contributed by atoms with Gasteiger partial charge in [0.2, 0.25) is 5.91 Å². The van der Waals surface area contributed by atoms with Gasteiger partial charge in [0.15, 0.2) is 5.60 Å². The largest absolute Gasteiger partial charge is 0.418 e.